The maximum atomic E-state index is 10.9. The summed E-state index contributed by atoms with van der Waals surface area (Å²) in [5, 5.41) is 0.247. The smallest absolute Gasteiger partial charge is 0.349 e. The second kappa shape index (κ2) is 4.98. The molecule has 0 aromatic carbocycles. The lowest BCUT2D eigenvalue weighted by Crippen LogP contribution is -1.99. The van der Waals surface area contributed by atoms with Gasteiger partial charge in [0.05, 0.1) is 7.11 Å². The van der Waals surface area contributed by atoms with Crippen LogP contribution in [0.5, 0.6) is 0 Å². The zero-order valence-corrected chi connectivity index (χ0v) is 8.84. The Morgan fingerprint density at radius 1 is 1.64 bits per heavy atom. The summed E-state index contributed by atoms with van der Waals surface area (Å²) in [7, 11) is 1.25. The van der Waals surface area contributed by atoms with Gasteiger partial charge in [-0.2, -0.15) is 0 Å². The largest absolute Gasteiger partial charge is 0.465 e. The molecule has 1 rings (SSSR count). The van der Waals surface area contributed by atoms with Gasteiger partial charge in [0.2, 0.25) is 0 Å². The average Bonchev–Trinajstić information content (AvgIpc) is 2.20. The zero-order chi connectivity index (χ0) is 10.6. The van der Waals surface area contributed by atoms with Crippen LogP contribution in [-0.2, 0) is 9.53 Å². The lowest BCUT2D eigenvalue weighted by molar-refractivity contribution is -0.135. The van der Waals surface area contributed by atoms with E-state index in [1.807, 2.05) is 0 Å². The van der Waals surface area contributed by atoms with Gasteiger partial charge in [0.15, 0.2) is 0 Å². The van der Waals surface area contributed by atoms with E-state index in [0.29, 0.717) is 5.56 Å². The van der Waals surface area contributed by atoms with Gasteiger partial charge < -0.3 is 4.74 Å². The van der Waals surface area contributed by atoms with Crippen LogP contribution < -0.4 is 0 Å². The highest BCUT2D eigenvalue weighted by molar-refractivity contribution is 6.43. The summed E-state index contributed by atoms with van der Waals surface area (Å²) in [5.41, 5.74) is 0.574. The molecule has 5 heteroatoms. The summed E-state index contributed by atoms with van der Waals surface area (Å²) in [6, 6.07) is 3.39. The van der Waals surface area contributed by atoms with Crippen molar-refractivity contribution in [1.82, 2.24) is 4.98 Å². The van der Waals surface area contributed by atoms with Crippen LogP contribution in [0.3, 0.4) is 0 Å². The summed E-state index contributed by atoms with van der Waals surface area (Å²) in [4.78, 5) is 14.8. The van der Waals surface area contributed by atoms with Crippen LogP contribution in [0.2, 0.25) is 5.15 Å². The predicted molar refractivity (Wildman–Crippen MR) is 55.1 cm³/mol. The highest BCUT2D eigenvalue weighted by Crippen LogP contribution is 2.17. The summed E-state index contributed by atoms with van der Waals surface area (Å²) in [6.45, 7) is 0. The van der Waals surface area contributed by atoms with Gasteiger partial charge in [-0.3, -0.25) is 0 Å². The molecular formula is C9H7Cl2NO2. The topological polar surface area (TPSA) is 39.2 Å². The van der Waals surface area contributed by atoms with E-state index >= 15 is 0 Å². The SMILES string of the molecule is COC(=O)C(Cl)=Cc1cccnc1Cl. The molecule has 0 saturated carbocycles. The molecule has 0 amide bonds. The number of methoxy groups -OCH3 is 1. The van der Waals surface area contributed by atoms with Crippen LogP contribution in [0, 0.1) is 0 Å². The molecule has 0 N–H and O–H groups in total. The van der Waals surface area contributed by atoms with E-state index in [1.165, 1.54) is 13.2 Å². The number of hydrogen-bond donors (Lipinski definition) is 0. The Morgan fingerprint density at radius 2 is 2.36 bits per heavy atom. The number of hydrogen-bond acceptors (Lipinski definition) is 3. The molecule has 1 aromatic heterocycles. The molecule has 0 spiro atoms. The quantitative estimate of drug-likeness (QED) is 0.446. The number of carbonyl (C=O) groups is 1. The standard InChI is InChI=1S/C9H7Cl2NO2/c1-14-9(13)7(10)5-6-3-2-4-12-8(6)11/h2-5H,1H3. The van der Waals surface area contributed by atoms with Crippen molar-refractivity contribution in [1.29, 1.82) is 0 Å². The Balaban J connectivity index is 2.97. The summed E-state index contributed by atoms with van der Waals surface area (Å²) < 4.78 is 4.42. The van der Waals surface area contributed by atoms with Crippen LogP contribution in [0.15, 0.2) is 23.4 Å². The summed E-state index contributed by atoms with van der Waals surface area (Å²) >= 11 is 11.4. The van der Waals surface area contributed by atoms with Crippen molar-refractivity contribution in [3.05, 3.63) is 34.1 Å². The van der Waals surface area contributed by atoms with E-state index in [-0.39, 0.29) is 10.2 Å². The second-order valence-electron chi connectivity index (χ2n) is 2.37. The van der Waals surface area contributed by atoms with Gasteiger partial charge in [0.1, 0.15) is 10.2 Å². The molecule has 3 nitrogen and oxygen atoms in total. The van der Waals surface area contributed by atoms with E-state index in [0.717, 1.165) is 0 Å². The monoisotopic (exact) mass is 231 g/mol. The van der Waals surface area contributed by atoms with E-state index in [1.54, 1.807) is 18.3 Å². The molecule has 1 aromatic rings. The van der Waals surface area contributed by atoms with Crippen LogP contribution in [-0.4, -0.2) is 18.1 Å². The van der Waals surface area contributed by atoms with Crippen molar-refractivity contribution in [2.45, 2.75) is 0 Å². The Kier molecular flexibility index (Phi) is 3.92. The van der Waals surface area contributed by atoms with Gasteiger partial charge in [-0.25, -0.2) is 9.78 Å². The Labute approximate surface area is 91.3 Å². The van der Waals surface area contributed by atoms with Crippen LogP contribution in [0.25, 0.3) is 6.08 Å². The minimum absolute atomic E-state index is 0.0394. The molecular weight excluding hydrogens is 225 g/mol. The lowest BCUT2D eigenvalue weighted by Gasteiger charge is -1.98. The van der Waals surface area contributed by atoms with Crippen LogP contribution in [0.4, 0.5) is 0 Å². The first-order valence-corrected chi connectivity index (χ1v) is 4.46. The zero-order valence-electron chi connectivity index (χ0n) is 7.33. The number of aromatic nitrogens is 1. The fraction of sp³-hybridized carbons (Fsp3) is 0.111. The second-order valence-corrected chi connectivity index (χ2v) is 3.13. The van der Waals surface area contributed by atoms with Crippen molar-refractivity contribution in [3.8, 4) is 0 Å². The number of halogens is 2. The number of rotatable bonds is 2. The Hall–Kier alpha value is -1.06. The van der Waals surface area contributed by atoms with Crippen LogP contribution in [0.1, 0.15) is 5.56 Å². The molecule has 0 fully saturated rings. The van der Waals surface area contributed by atoms with E-state index in [9.17, 15) is 4.79 Å². The minimum atomic E-state index is -0.605. The first-order chi connectivity index (χ1) is 6.65. The lowest BCUT2D eigenvalue weighted by atomic mass is 10.2. The van der Waals surface area contributed by atoms with E-state index < -0.39 is 5.97 Å². The molecule has 0 atom stereocenters. The molecule has 74 valence electrons. The number of carbonyl (C=O) groups excluding carboxylic acids is 1. The molecule has 0 aliphatic rings. The average molecular weight is 232 g/mol. The third-order valence-corrected chi connectivity index (χ3v) is 2.03. The first-order valence-electron chi connectivity index (χ1n) is 3.71. The first kappa shape index (κ1) is 11.0. The molecule has 1 heterocycles. The van der Waals surface area contributed by atoms with Crippen molar-refractivity contribution in [2.24, 2.45) is 0 Å². The Morgan fingerprint density at radius 3 is 2.93 bits per heavy atom. The third kappa shape index (κ3) is 2.72. The highest BCUT2D eigenvalue weighted by atomic mass is 35.5. The van der Waals surface area contributed by atoms with Gasteiger partial charge in [0, 0.05) is 11.8 Å². The fourth-order valence-electron chi connectivity index (χ4n) is 0.799. The summed E-state index contributed by atoms with van der Waals surface area (Å²) in [5.74, 6) is -0.605. The van der Waals surface area contributed by atoms with Gasteiger partial charge in [-0.05, 0) is 12.1 Å². The molecule has 14 heavy (non-hydrogen) atoms. The summed E-state index contributed by atoms with van der Waals surface area (Å²) in [6.07, 6.45) is 2.95. The van der Waals surface area contributed by atoms with Crippen molar-refractivity contribution < 1.29 is 9.53 Å². The number of pyridine rings is 1. The number of ether oxygens (including phenoxy) is 1. The highest BCUT2D eigenvalue weighted by Gasteiger charge is 2.07. The fourth-order valence-corrected chi connectivity index (χ4v) is 1.17. The van der Waals surface area contributed by atoms with E-state index in [4.69, 9.17) is 23.2 Å². The van der Waals surface area contributed by atoms with Crippen LogP contribution >= 0.6 is 23.2 Å². The number of esters is 1. The molecule has 0 saturated heterocycles. The van der Waals surface area contributed by atoms with Crippen molar-refractivity contribution >= 4 is 35.2 Å². The maximum absolute atomic E-state index is 10.9. The third-order valence-electron chi connectivity index (χ3n) is 1.45. The minimum Gasteiger partial charge on any atom is -0.465 e. The van der Waals surface area contributed by atoms with Crippen molar-refractivity contribution in [2.75, 3.05) is 7.11 Å². The van der Waals surface area contributed by atoms with E-state index in [2.05, 4.69) is 9.72 Å². The molecule has 0 unspecified atom stereocenters. The van der Waals surface area contributed by atoms with Gasteiger partial charge >= 0.3 is 5.97 Å². The molecule has 0 aliphatic carbocycles. The number of nitrogens with zero attached hydrogens (tertiary/aromatic N) is 1. The van der Waals surface area contributed by atoms with Gasteiger partial charge in [-0.15, -0.1) is 0 Å². The maximum Gasteiger partial charge on any atom is 0.349 e. The normalized spacial score (nSPS) is 11.2. The molecule has 0 bridgehead atoms. The van der Waals surface area contributed by atoms with Crippen molar-refractivity contribution in [3.63, 3.8) is 0 Å². The molecule has 0 aliphatic heterocycles. The Bertz CT molecular complexity index is 377. The molecule has 0 radical (unpaired) electrons. The van der Waals surface area contributed by atoms with Gasteiger partial charge in [0.25, 0.3) is 0 Å². The van der Waals surface area contributed by atoms with Gasteiger partial charge in [-0.1, -0.05) is 29.3 Å². The predicted octanol–water partition coefficient (Wildman–Crippen LogP) is 2.49.